The van der Waals surface area contributed by atoms with Crippen LogP contribution in [0.25, 0.3) is 0 Å². The number of hydrogen-bond donors (Lipinski definition) is 0. The van der Waals surface area contributed by atoms with E-state index < -0.39 is 6.17 Å². The third kappa shape index (κ3) is 3.60. The van der Waals surface area contributed by atoms with Gasteiger partial charge < -0.3 is 0 Å². The van der Waals surface area contributed by atoms with Gasteiger partial charge in [-0.1, -0.05) is 0 Å². The maximum atomic E-state index is 11.4. The SMILES string of the molecule is CC(F)C[C]=O. The van der Waals surface area contributed by atoms with Gasteiger partial charge in [-0.05, 0) is 6.92 Å². The minimum Gasteiger partial charge on any atom is -0.291 e. The largest absolute Gasteiger partial charge is 0.291 e. The Bertz CT molecular complexity index is 42.8. The molecule has 0 aliphatic carbocycles. The fourth-order valence-electron chi connectivity index (χ4n) is 0.115. The van der Waals surface area contributed by atoms with Crippen molar-refractivity contribution in [2.45, 2.75) is 19.5 Å². The lowest BCUT2D eigenvalue weighted by molar-refractivity contribution is 0.366. The molecule has 0 saturated heterocycles. The molecule has 2 heteroatoms. The van der Waals surface area contributed by atoms with Crippen molar-refractivity contribution in [2.75, 3.05) is 0 Å². The van der Waals surface area contributed by atoms with E-state index in [1.165, 1.54) is 13.2 Å². The van der Waals surface area contributed by atoms with Gasteiger partial charge in [-0.2, -0.15) is 0 Å². The van der Waals surface area contributed by atoms with Crippen molar-refractivity contribution < 1.29 is 9.18 Å². The van der Waals surface area contributed by atoms with E-state index in [1.54, 1.807) is 0 Å². The molecule has 1 radical (unpaired) electrons. The van der Waals surface area contributed by atoms with Gasteiger partial charge in [0.2, 0.25) is 6.29 Å². The van der Waals surface area contributed by atoms with Gasteiger partial charge in [-0.15, -0.1) is 0 Å². The summed E-state index contributed by atoms with van der Waals surface area (Å²) in [5, 5.41) is 0. The molecule has 0 aromatic carbocycles. The lowest BCUT2D eigenvalue weighted by Crippen LogP contribution is -1.90. The summed E-state index contributed by atoms with van der Waals surface area (Å²) in [6.45, 7) is 1.32. The summed E-state index contributed by atoms with van der Waals surface area (Å²) in [7, 11) is 0. The third-order valence-electron chi connectivity index (χ3n) is 0.365. The number of hydrogen-bond acceptors (Lipinski definition) is 1. The molecule has 1 unspecified atom stereocenters. The number of halogens is 1. The van der Waals surface area contributed by atoms with E-state index in [2.05, 4.69) is 0 Å². The van der Waals surface area contributed by atoms with Crippen LogP contribution in [-0.4, -0.2) is 12.5 Å². The van der Waals surface area contributed by atoms with Crippen LogP contribution in [0, 0.1) is 0 Å². The fraction of sp³-hybridized carbons (Fsp3) is 0.750. The standard InChI is InChI=1S/C4H6FO/c1-4(5)2-3-6/h4H,2H2,1H3. The van der Waals surface area contributed by atoms with E-state index in [9.17, 15) is 9.18 Å². The van der Waals surface area contributed by atoms with Crippen LogP contribution in [0.5, 0.6) is 0 Å². The van der Waals surface area contributed by atoms with Gasteiger partial charge >= 0.3 is 0 Å². The Morgan fingerprint density at radius 3 is 2.50 bits per heavy atom. The Morgan fingerprint density at radius 1 is 2.00 bits per heavy atom. The minimum absolute atomic E-state index is 0.0972. The molecule has 1 atom stereocenters. The molecule has 0 heterocycles. The van der Waals surface area contributed by atoms with E-state index in [-0.39, 0.29) is 6.42 Å². The second-order valence-corrected chi connectivity index (χ2v) is 1.13. The molecule has 0 amide bonds. The van der Waals surface area contributed by atoms with Crippen molar-refractivity contribution in [3.8, 4) is 0 Å². The fourth-order valence-corrected chi connectivity index (χ4v) is 0.115. The highest BCUT2D eigenvalue weighted by Crippen LogP contribution is 1.88. The molecule has 0 aromatic heterocycles. The molecule has 35 valence electrons. The smallest absolute Gasteiger partial charge is 0.201 e. The van der Waals surface area contributed by atoms with Crippen LogP contribution in [0.1, 0.15) is 13.3 Å². The van der Waals surface area contributed by atoms with E-state index in [0.29, 0.717) is 0 Å². The summed E-state index contributed by atoms with van der Waals surface area (Å²) >= 11 is 0. The van der Waals surface area contributed by atoms with Crippen molar-refractivity contribution in [3.63, 3.8) is 0 Å². The second-order valence-electron chi connectivity index (χ2n) is 1.13. The van der Waals surface area contributed by atoms with Gasteiger partial charge in [0.1, 0.15) is 6.17 Å². The van der Waals surface area contributed by atoms with Gasteiger partial charge in [0.15, 0.2) is 0 Å². The molecular formula is C4H6FO. The molecular weight excluding hydrogens is 83.0 g/mol. The number of carbonyl (C=O) groups excluding carboxylic acids is 1. The van der Waals surface area contributed by atoms with E-state index in [4.69, 9.17) is 0 Å². The second kappa shape index (κ2) is 2.82. The van der Waals surface area contributed by atoms with E-state index in [0.717, 1.165) is 0 Å². The van der Waals surface area contributed by atoms with Gasteiger partial charge in [-0.25, -0.2) is 4.39 Å². The molecule has 0 bridgehead atoms. The quantitative estimate of drug-likeness (QED) is 0.490. The molecule has 0 fully saturated rings. The molecule has 0 saturated carbocycles. The molecule has 0 aliphatic heterocycles. The summed E-state index contributed by atoms with van der Waals surface area (Å²) in [5.41, 5.74) is 0. The highest BCUT2D eigenvalue weighted by Gasteiger charge is 1.92. The highest BCUT2D eigenvalue weighted by molar-refractivity contribution is 5.50. The zero-order valence-electron chi connectivity index (χ0n) is 3.57. The molecule has 0 aliphatic rings. The molecule has 0 rings (SSSR count). The Morgan fingerprint density at radius 2 is 2.50 bits per heavy atom. The zero-order chi connectivity index (χ0) is 4.99. The van der Waals surface area contributed by atoms with Crippen LogP contribution in [0.4, 0.5) is 4.39 Å². The average Bonchev–Trinajstić information content (AvgIpc) is 1.35. The van der Waals surface area contributed by atoms with Crippen LogP contribution in [0.2, 0.25) is 0 Å². The molecule has 1 nitrogen and oxygen atoms in total. The molecule has 0 N–H and O–H groups in total. The summed E-state index contributed by atoms with van der Waals surface area (Å²) in [6, 6.07) is 0. The lowest BCUT2D eigenvalue weighted by atomic mass is 10.3. The van der Waals surface area contributed by atoms with Crippen molar-refractivity contribution in [3.05, 3.63) is 0 Å². The van der Waals surface area contributed by atoms with Crippen molar-refractivity contribution in [1.82, 2.24) is 0 Å². The topological polar surface area (TPSA) is 17.1 Å². The van der Waals surface area contributed by atoms with Gasteiger partial charge in [0.05, 0.1) is 0 Å². The Kier molecular flexibility index (Phi) is 2.63. The third-order valence-corrected chi connectivity index (χ3v) is 0.365. The van der Waals surface area contributed by atoms with E-state index >= 15 is 0 Å². The maximum absolute atomic E-state index is 11.4. The van der Waals surface area contributed by atoms with E-state index in [1.807, 2.05) is 0 Å². The van der Waals surface area contributed by atoms with Crippen LogP contribution in [-0.2, 0) is 4.79 Å². The Labute approximate surface area is 36.2 Å². The Hall–Kier alpha value is -0.400. The molecule has 0 spiro atoms. The van der Waals surface area contributed by atoms with Gasteiger partial charge in [0.25, 0.3) is 0 Å². The first-order valence-electron chi connectivity index (χ1n) is 1.76. The number of alkyl halides is 1. The van der Waals surface area contributed by atoms with Crippen molar-refractivity contribution in [1.29, 1.82) is 0 Å². The zero-order valence-corrected chi connectivity index (χ0v) is 3.57. The highest BCUT2D eigenvalue weighted by atomic mass is 19.1. The van der Waals surface area contributed by atoms with Crippen LogP contribution >= 0.6 is 0 Å². The van der Waals surface area contributed by atoms with Gasteiger partial charge in [-0.3, -0.25) is 4.79 Å². The summed E-state index contributed by atoms with van der Waals surface area (Å²) in [6.07, 6.45) is 0.319. The summed E-state index contributed by atoms with van der Waals surface area (Å²) < 4.78 is 11.4. The first-order chi connectivity index (χ1) is 2.77. The monoisotopic (exact) mass is 89.0 g/mol. The average molecular weight is 89.1 g/mol. The Balaban J connectivity index is 2.81. The van der Waals surface area contributed by atoms with Crippen LogP contribution in [0.15, 0.2) is 0 Å². The first kappa shape index (κ1) is 5.60. The predicted octanol–water partition coefficient (Wildman–Crippen LogP) is 0.844. The van der Waals surface area contributed by atoms with Gasteiger partial charge in [0, 0.05) is 6.42 Å². The molecule has 0 aromatic rings. The lowest BCUT2D eigenvalue weighted by Gasteiger charge is -1.84. The molecule has 6 heavy (non-hydrogen) atoms. The number of rotatable bonds is 2. The maximum Gasteiger partial charge on any atom is 0.201 e. The van der Waals surface area contributed by atoms with Crippen LogP contribution < -0.4 is 0 Å². The first-order valence-corrected chi connectivity index (χ1v) is 1.76. The van der Waals surface area contributed by atoms with Crippen molar-refractivity contribution >= 4 is 6.29 Å². The predicted molar refractivity (Wildman–Crippen MR) is 20.9 cm³/mol. The minimum atomic E-state index is -1.03. The normalized spacial score (nSPS) is 13.7. The van der Waals surface area contributed by atoms with Crippen molar-refractivity contribution in [2.24, 2.45) is 0 Å². The summed E-state index contributed by atoms with van der Waals surface area (Å²) in [4.78, 5) is 9.25. The van der Waals surface area contributed by atoms with Crippen LogP contribution in [0.3, 0.4) is 0 Å². The summed E-state index contributed by atoms with van der Waals surface area (Å²) in [5.74, 6) is 0.